The number of fused-ring (bicyclic) bond motifs is 1. The molecule has 184 valence electrons. The monoisotopic (exact) mass is 477 g/mol. The summed E-state index contributed by atoms with van der Waals surface area (Å²) in [6.07, 6.45) is 3.96. The summed E-state index contributed by atoms with van der Waals surface area (Å²) < 4.78 is 13.6. The number of amidine groups is 1. The van der Waals surface area contributed by atoms with Crippen molar-refractivity contribution >= 4 is 30.0 Å². The lowest BCUT2D eigenvalue weighted by atomic mass is 10.0. The molecule has 9 heteroatoms. The van der Waals surface area contributed by atoms with Gasteiger partial charge < -0.3 is 21.3 Å². The van der Waals surface area contributed by atoms with Gasteiger partial charge in [0.15, 0.2) is 0 Å². The molecule has 4 rings (SSSR count). The van der Waals surface area contributed by atoms with Crippen LogP contribution in [0.1, 0.15) is 36.6 Å². The molecule has 0 unspecified atom stereocenters. The Balaban J connectivity index is 1.57. The van der Waals surface area contributed by atoms with Gasteiger partial charge in [-0.05, 0) is 74.8 Å². The summed E-state index contributed by atoms with van der Waals surface area (Å²) in [6.45, 7) is 7.41. The summed E-state index contributed by atoms with van der Waals surface area (Å²) in [7, 11) is 0. The zero-order valence-electron chi connectivity index (χ0n) is 20.0. The molecule has 0 bridgehead atoms. The predicted octanol–water partition coefficient (Wildman–Crippen LogP) is 3.33. The molecule has 0 saturated heterocycles. The summed E-state index contributed by atoms with van der Waals surface area (Å²) in [6, 6.07) is 11.7. The fraction of sp³-hybridized carbons (Fsp3) is 0.385. The zero-order chi connectivity index (χ0) is 24.7. The van der Waals surface area contributed by atoms with Crippen LogP contribution in [-0.2, 0) is 23.2 Å². The molecule has 4 N–H and O–H groups in total. The molecule has 2 aromatic rings. The van der Waals surface area contributed by atoms with E-state index in [0.29, 0.717) is 23.9 Å². The Morgan fingerprint density at radius 1 is 1.29 bits per heavy atom. The fourth-order valence-corrected chi connectivity index (χ4v) is 4.10. The number of aliphatic imine (C=N–C) groups is 2. The summed E-state index contributed by atoms with van der Waals surface area (Å²) in [5.41, 5.74) is 4.02. The minimum absolute atomic E-state index is 0.219. The summed E-state index contributed by atoms with van der Waals surface area (Å²) in [4.78, 5) is 25.8. The third kappa shape index (κ3) is 5.92. The number of benzene rings is 1. The molecule has 1 saturated carbocycles. The molecule has 8 nitrogen and oxygen atoms in total. The molecule has 1 amide bonds. The van der Waals surface area contributed by atoms with Gasteiger partial charge in [0, 0.05) is 30.4 Å². The van der Waals surface area contributed by atoms with E-state index in [1.807, 2.05) is 25.1 Å². The number of amides is 1. The number of nitrogens with zero attached hydrogens (tertiary/aromatic N) is 3. The smallest absolute Gasteiger partial charge is 0.256 e. The number of carbonyl (C=O) groups is 1. The molecule has 2 aliphatic rings. The highest BCUT2D eigenvalue weighted by Gasteiger charge is 2.46. The van der Waals surface area contributed by atoms with Crippen molar-refractivity contribution in [2.45, 2.75) is 38.1 Å². The van der Waals surface area contributed by atoms with Crippen molar-refractivity contribution in [3.8, 4) is 0 Å². The maximum Gasteiger partial charge on any atom is 0.256 e. The van der Waals surface area contributed by atoms with Crippen LogP contribution in [0.4, 0.5) is 15.9 Å². The van der Waals surface area contributed by atoms with E-state index in [-0.39, 0.29) is 18.1 Å². The predicted molar refractivity (Wildman–Crippen MR) is 139 cm³/mol. The largest absolute Gasteiger partial charge is 0.366 e. The average molecular weight is 478 g/mol. The summed E-state index contributed by atoms with van der Waals surface area (Å²) in [5, 5.41) is 12.6. The first-order valence-corrected chi connectivity index (χ1v) is 11.9. The van der Waals surface area contributed by atoms with Crippen molar-refractivity contribution in [2.24, 2.45) is 9.98 Å². The Morgan fingerprint density at radius 3 is 2.89 bits per heavy atom. The van der Waals surface area contributed by atoms with Gasteiger partial charge in [-0.2, -0.15) is 0 Å². The summed E-state index contributed by atoms with van der Waals surface area (Å²) in [5.74, 6) is 0.454. The second-order valence-corrected chi connectivity index (χ2v) is 8.78. The van der Waals surface area contributed by atoms with Crippen LogP contribution in [0.5, 0.6) is 0 Å². The number of carbonyl (C=O) groups excluding carboxylic acids is 1. The topological polar surface area (TPSA) is 103 Å². The minimum Gasteiger partial charge on any atom is -0.366 e. The Morgan fingerprint density at radius 2 is 2.14 bits per heavy atom. The molecule has 1 aromatic carbocycles. The first-order chi connectivity index (χ1) is 17.1. The van der Waals surface area contributed by atoms with Gasteiger partial charge in [0.25, 0.3) is 5.91 Å². The Labute approximate surface area is 205 Å². The van der Waals surface area contributed by atoms with Crippen molar-refractivity contribution in [1.82, 2.24) is 15.6 Å². The van der Waals surface area contributed by atoms with E-state index in [0.717, 1.165) is 38.0 Å². The Hall–Kier alpha value is -3.59. The molecule has 1 aliphatic heterocycles. The van der Waals surface area contributed by atoms with Crippen LogP contribution in [0.3, 0.4) is 0 Å². The van der Waals surface area contributed by atoms with E-state index in [1.165, 1.54) is 17.3 Å². The number of rotatable bonds is 10. The van der Waals surface area contributed by atoms with Crippen LogP contribution in [0.2, 0.25) is 0 Å². The van der Waals surface area contributed by atoms with Crippen molar-refractivity contribution in [2.75, 3.05) is 37.1 Å². The Bertz CT molecular complexity index is 1140. The number of nitrogens with one attached hydrogen (secondary N) is 4. The third-order valence-corrected chi connectivity index (χ3v) is 6.32. The average Bonchev–Trinajstić information content (AvgIpc) is 3.68. The molecular weight excluding hydrogens is 445 g/mol. The molecule has 1 fully saturated rings. The summed E-state index contributed by atoms with van der Waals surface area (Å²) >= 11 is 0. The highest BCUT2D eigenvalue weighted by atomic mass is 19.1. The number of halogens is 1. The number of alkyl halides is 1. The van der Waals surface area contributed by atoms with Gasteiger partial charge in [-0.1, -0.05) is 12.1 Å². The normalized spacial score (nSPS) is 16.7. The number of hydrogen-bond donors (Lipinski definition) is 4. The first kappa shape index (κ1) is 24.5. The minimum atomic E-state index is -0.487. The van der Waals surface area contributed by atoms with Gasteiger partial charge in [-0.25, -0.2) is 9.98 Å². The lowest BCUT2D eigenvalue weighted by Crippen LogP contribution is -2.32. The molecule has 0 radical (unpaired) electrons. The highest BCUT2D eigenvalue weighted by molar-refractivity contribution is 6.25. The van der Waals surface area contributed by atoms with E-state index in [2.05, 4.69) is 55.1 Å². The van der Waals surface area contributed by atoms with Crippen molar-refractivity contribution in [3.63, 3.8) is 0 Å². The first-order valence-electron chi connectivity index (χ1n) is 11.9. The lowest BCUT2D eigenvalue weighted by molar-refractivity contribution is -0.116. The second kappa shape index (κ2) is 11.2. The zero-order valence-corrected chi connectivity index (χ0v) is 20.0. The number of aromatic nitrogens is 1. The van der Waals surface area contributed by atoms with Crippen LogP contribution in [0.25, 0.3) is 0 Å². The molecule has 35 heavy (non-hydrogen) atoms. The van der Waals surface area contributed by atoms with Crippen LogP contribution >= 0.6 is 0 Å². The number of likely N-dealkylation sites (N-methyl/N-ethyl adjacent to an activating group) is 1. The van der Waals surface area contributed by atoms with Crippen LogP contribution < -0.4 is 21.3 Å². The molecule has 0 spiro atoms. The van der Waals surface area contributed by atoms with Crippen molar-refractivity contribution in [3.05, 3.63) is 65.0 Å². The second-order valence-electron chi connectivity index (χ2n) is 8.78. The van der Waals surface area contributed by atoms with Crippen LogP contribution in [0, 0.1) is 0 Å². The van der Waals surface area contributed by atoms with Gasteiger partial charge in [-0.3, -0.25) is 14.2 Å². The standard InChI is InChI=1S/C26H32FN7O/c1-3-30-25(35)21(15-28-2)24(34-23-6-4-5-22(33-23)26(16-27)10-11-26)32-17-31-20-8-7-18-9-12-29-14-19(18)13-20/h4-8,13,15,29,31H,2-3,9-12,14,16-17H2,1H3,(H,30,35)(H,32,33,34)/b21-15+. The third-order valence-electron chi connectivity index (χ3n) is 6.32. The van der Waals surface area contributed by atoms with Gasteiger partial charge in [0.1, 0.15) is 25.0 Å². The molecule has 1 aliphatic carbocycles. The van der Waals surface area contributed by atoms with E-state index in [9.17, 15) is 9.18 Å². The number of pyridine rings is 1. The Kier molecular flexibility index (Phi) is 7.87. The fourth-order valence-electron chi connectivity index (χ4n) is 4.10. The van der Waals surface area contributed by atoms with Crippen LogP contribution in [-0.4, -0.2) is 49.9 Å². The molecule has 0 atom stereocenters. The van der Waals surface area contributed by atoms with Crippen molar-refractivity contribution < 1.29 is 9.18 Å². The van der Waals surface area contributed by atoms with Gasteiger partial charge in [-0.15, -0.1) is 0 Å². The SMILES string of the molecule is C=N/C=C(C(=O)NCC)\C(=N/CNc1ccc2c(c1)CNCC2)Nc1cccc(C2(CF)CC2)n1. The maximum atomic E-state index is 13.6. The van der Waals surface area contributed by atoms with Crippen LogP contribution in [0.15, 0.2) is 58.2 Å². The number of anilines is 2. The van der Waals surface area contributed by atoms with E-state index >= 15 is 0 Å². The van der Waals surface area contributed by atoms with Crippen molar-refractivity contribution in [1.29, 1.82) is 0 Å². The van der Waals surface area contributed by atoms with Gasteiger partial charge >= 0.3 is 0 Å². The van der Waals surface area contributed by atoms with E-state index in [1.54, 1.807) is 6.07 Å². The molecule has 1 aromatic heterocycles. The van der Waals surface area contributed by atoms with E-state index in [4.69, 9.17) is 0 Å². The van der Waals surface area contributed by atoms with Gasteiger partial charge in [0.05, 0.1) is 11.3 Å². The number of hydrogen-bond acceptors (Lipinski definition) is 6. The molecular formula is C26H32FN7O. The quantitative estimate of drug-likeness (QED) is 0.239. The molecule has 2 heterocycles. The highest BCUT2D eigenvalue weighted by Crippen LogP contribution is 2.47. The lowest BCUT2D eigenvalue weighted by Gasteiger charge is -2.18. The maximum absolute atomic E-state index is 13.6. The van der Waals surface area contributed by atoms with Gasteiger partial charge in [0.2, 0.25) is 0 Å². The van der Waals surface area contributed by atoms with E-state index < -0.39 is 12.1 Å².